The average Bonchev–Trinajstić information content (AvgIpc) is 2.55. The van der Waals surface area contributed by atoms with E-state index in [2.05, 4.69) is 80.3 Å². The van der Waals surface area contributed by atoms with Crippen LogP contribution in [0.1, 0.15) is 26.3 Å². The second-order valence-corrected chi connectivity index (χ2v) is 7.00. The SMILES string of the molecule is CCN(CC)CC(C)Cc1ccc(Sc2ccccc2)cc1. The molecule has 2 heteroatoms. The van der Waals surface area contributed by atoms with Crippen LogP contribution in [0.3, 0.4) is 0 Å². The minimum Gasteiger partial charge on any atom is -0.304 e. The molecule has 2 aromatic carbocycles. The van der Waals surface area contributed by atoms with Gasteiger partial charge < -0.3 is 4.90 Å². The summed E-state index contributed by atoms with van der Waals surface area (Å²) in [6.45, 7) is 10.3. The number of hydrogen-bond acceptors (Lipinski definition) is 2. The van der Waals surface area contributed by atoms with Crippen molar-refractivity contribution >= 4 is 11.8 Å². The summed E-state index contributed by atoms with van der Waals surface area (Å²) in [5, 5.41) is 0. The van der Waals surface area contributed by atoms with Crippen molar-refractivity contribution in [2.45, 2.75) is 37.0 Å². The summed E-state index contributed by atoms with van der Waals surface area (Å²) in [4.78, 5) is 5.11. The van der Waals surface area contributed by atoms with Gasteiger partial charge in [0.25, 0.3) is 0 Å². The smallest absolute Gasteiger partial charge is 0.0122 e. The molecule has 0 fully saturated rings. The standard InChI is InChI=1S/C20H27NS/c1-4-21(5-2)16-17(3)15-18-11-13-20(14-12-18)22-19-9-7-6-8-10-19/h6-14,17H,4-5,15-16H2,1-3H3. The molecule has 0 aliphatic carbocycles. The lowest BCUT2D eigenvalue weighted by molar-refractivity contribution is 0.260. The Morgan fingerprint density at radius 3 is 2.05 bits per heavy atom. The van der Waals surface area contributed by atoms with Gasteiger partial charge in [0.05, 0.1) is 0 Å². The van der Waals surface area contributed by atoms with Crippen LogP contribution in [0.25, 0.3) is 0 Å². The predicted octanol–water partition coefficient (Wildman–Crippen LogP) is 5.36. The van der Waals surface area contributed by atoms with Gasteiger partial charge in [-0.15, -0.1) is 0 Å². The van der Waals surface area contributed by atoms with E-state index in [4.69, 9.17) is 0 Å². The van der Waals surface area contributed by atoms with Crippen molar-refractivity contribution in [1.29, 1.82) is 0 Å². The van der Waals surface area contributed by atoms with Gasteiger partial charge in [-0.25, -0.2) is 0 Å². The highest BCUT2D eigenvalue weighted by molar-refractivity contribution is 7.99. The van der Waals surface area contributed by atoms with Crippen molar-refractivity contribution in [3.63, 3.8) is 0 Å². The molecule has 0 aromatic heterocycles. The van der Waals surface area contributed by atoms with Crippen LogP contribution in [0.2, 0.25) is 0 Å². The molecule has 0 bridgehead atoms. The van der Waals surface area contributed by atoms with Crippen LogP contribution < -0.4 is 0 Å². The van der Waals surface area contributed by atoms with Crippen LogP contribution >= 0.6 is 11.8 Å². The van der Waals surface area contributed by atoms with Crippen LogP contribution in [-0.2, 0) is 6.42 Å². The third-order valence-electron chi connectivity index (χ3n) is 3.95. The van der Waals surface area contributed by atoms with Crippen LogP contribution in [0.15, 0.2) is 64.4 Å². The molecule has 0 aliphatic rings. The maximum atomic E-state index is 2.50. The second kappa shape index (κ2) is 9.02. The number of nitrogens with zero attached hydrogens (tertiary/aromatic N) is 1. The molecule has 1 atom stereocenters. The van der Waals surface area contributed by atoms with Gasteiger partial charge in [0.1, 0.15) is 0 Å². The Bertz CT molecular complexity index is 531. The fourth-order valence-electron chi connectivity index (χ4n) is 2.71. The largest absolute Gasteiger partial charge is 0.304 e. The van der Waals surface area contributed by atoms with E-state index >= 15 is 0 Å². The molecule has 2 aromatic rings. The van der Waals surface area contributed by atoms with Gasteiger partial charge in [-0.05, 0) is 55.3 Å². The van der Waals surface area contributed by atoms with Gasteiger partial charge in [0.15, 0.2) is 0 Å². The fraction of sp³-hybridized carbons (Fsp3) is 0.400. The molecule has 2 rings (SSSR count). The molecule has 0 heterocycles. The lowest BCUT2D eigenvalue weighted by Gasteiger charge is -2.22. The first kappa shape index (κ1) is 17.1. The van der Waals surface area contributed by atoms with Crippen molar-refractivity contribution in [3.05, 3.63) is 60.2 Å². The zero-order valence-electron chi connectivity index (χ0n) is 14.0. The first-order valence-corrected chi connectivity index (χ1v) is 9.07. The fourth-order valence-corrected chi connectivity index (χ4v) is 3.55. The van der Waals surface area contributed by atoms with Gasteiger partial charge in [0, 0.05) is 16.3 Å². The summed E-state index contributed by atoms with van der Waals surface area (Å²) in [5.74, 6) is 0.701. The molecule has 0 saturated heterocycles. The summed E-state index contributed by atoms with van der Waals surface area (Å²) in [6.07, 6.45) is 1.16. The topological polar surface area (TPSA) is 3.24 Å². The lowest BCUT2D eigenvalue weighted by Crippen LogP contribution is -2.28. The zero-order valence-corrected chi connectivity index (χ0v) is 14.8. The molecule has 0 aliphatic heterocycles. The summed E-state index contributed by atoms with van der Waals surface area (Å²) >= 11 is 1.82. The minimum absolute atomic E-state index is 0.701. The maximum Gasteiger partial charge on any atom is 0.0122 e. The Labute approximate surface area is 139 Å². The van der Waals surface area contributed by atoms with Gasteiger partial charge in [0.2, 0.25) is 0 Å². The van der Waals surface area contributed by atoms with Crippen molar-refractivity contribution in [2.24, 2.45) is 5.92 Å². The third-order valence-corrected chi connectivity index (χ3v) is 4.97. The Morgan fingerprint density at radius 1 is 0.864 bits per heavy atom. The summed E-state index contributed by atoms with van der Waals surface area (Å²) in [6, 6.07) is 19.6. The minimum atomic E-state index is 0.701. The molecular weight excluding hydrogens is 286 g/mol. The molecule has 0 amide bonds. The van der Waals surface area contributed by atoms with Crippen LogP contribution in [0, 0.1) is 5.92 Å². The van der Waals surface area contributed by atoms with Crippen LogP contribution in [0.5, 0.6) is 0 Å². The van der Waals surface area contributed by atoms with Gasteiger partial charge in [-0.1, -0.05) is 62.9 Å². The molecular formula is C20H27NS. The normalized spacial score (nSPS) is 12.5. The molecule has 0 radical (unpaired) electrons. The molecule has 0 spiro atoms. The Kier molecular flexibility index (Phi) is 7.01. The monoisotopic (exact) mass is 313 g/mol. The van der Waals surface area contributed by atoms with Gasteiger partial charge in [-0.3, -0.25) is 0 Å². The number of benzene rings is 2. The van der Waals surface area contributed by atoms with Crippen molar-refractivity contribution in [3.8, 4) is 0 Å². The molecule has 22 heavy (non-hydrogen) atoms. The predicted molar refractivity (Wildman–Crippen MR) is 97.7 cm³/mol. The molecule has 0 saturated carbocycles. The van der Waals surface area contributed by atoms with E-state index in [0.717, 1.165) is 19.5 Å². The highest BCUT2D eigenvalue weighted by atomic mass is 32.2. The van der Waals surface area contributed by atoms with E-state index in [1.165, 1.54) is 21.9 Å². The van der Waals surface area contributed by atoms with E-state index in [1.54, 1.807) is 0 Å². The maximum absolute atomic E-state index is 2.50. The quantitative estimate of drug-likeness (QED) is 0.645. The molecule has 118 valence electrons. The average molecular weight is 314 g/mol. The third kappa shape index (κ3) is 5.51. The summed E-state index contributed by atoms with van der Waals surface area (Å²) in [5.41, 5.74) is 1.44. The van der Waals surface area contributed by atoms with Crippen LogP contribution in [0.4, 0.5) is 0 Å². The molecule has 0 N–H and O–H groups in total. The Balaban J connectivity index is 1.89. The van der Waals surface area contributed by atoms with E-state index < -0.39 is 0 Å². The van der Waals surface area contributed by atoms with Crippen molar-refractivity contribution < 1.29 is 0 Å². The van der Waals surface area contributed by atoms with Crippen molar-refractivity contribution in [1.82, 2.24) is 4.90 Å². The van der Waals surface area contributed by atoms with Crippen LogP contribution in [-0.4, -0.2) is 24.5 Å². The number of hydrogen-bond donors (Lipinski definition) is 0. The zero-order chi connectivity index (χ0) is 15.8. The molecule has 1 unspecified atom stereocenters. The summed E-state index contributed by atoms with van der Waals surface area (Å²) < 4.78 is 0. The Morgan fingerprint density at radius 2 is 1.45 bits per heavy atom. The molecule has 1 nitrogen and oxygen atoms in total. The van der Waals surface area contributed by atoms with Gasteiger partial charge >= 0.3 is 0 Å². The van der Waals surface area contributed by atoms with E-state index in [1.807, 2.05) is 11.8 Å². The first-order chi connectivity index (χ1) is 10.7. The first-order valence-electron chi connectivity index (χ1n) is 8.25. The lowest BCUT2D eigenvalue weighted by atomic mass is 10.0. The van der Waals surface area contributed by atoms with E-state index in [0.29, 0.717) is 5.92 Å². The van der Waals surface area contributed by atoms with E-state index in [9.17, 15) is 0 Å². The van der Waals surface area contributed by atoms with E-state index in [-0.39, 0.29) is 0 Å². The highest BCUT2D eigenvalue weighted by Crippen LogP contribution is 2.27. The Hall–Kier alpha value is -1.25. The summed E-state index contributed by atoms with van der Waals surface area (Å²) in [7, 11) is 0. The second-order valence-electron chi connectivity index (χ2n) is 5.85. The van der Waals surface area contributed by atoms with Crippen molar-refractivity contribution in [2.75, 3.05) is 19.6 Å². The highest BCUT2D eigenvalue weighted by Gasteiger charge is 2.08. The van der Waals surface area contributed by atoms with Gasteiger partial charge in [-0.2, -0.15) is 0 Å². The number of rotatable bonds is 8.